The minimum absolute atomic E-state index is 0.271. The Kier molecular flexibility index (Phi) is 3.05. The minimum atomic E-state index is 0.271. The molecule has 0 amide bonds. The fourth-order valence-electron chi connectivity index (χ4n) is 2.56. The second-order valence-electron chi connectivity index (χ2n) is 4.78. The third kappa shape index (κ3) is 2.37. The van der Waals surface area contributed by atoms with Crippen LogP contribution in [0.25, 0.3) is 0 Å². The van der Waals surface area contributed by atoms with Crippen LogP contribution in [0.4, 0.5) is 0 Å². The number of aromatic amines is 1. The monoisotopic (exact) mass is 208 g/mol. The first kappa shape index (κ1) is 10.6. The molecular weight excluding hydrogens is 188 g/mol. The second-order valence-corrected chi connectivity index (χ2v) is 4.78. The molecule has 1 aliphatic rings. The molecule has 1 aliphatic carbocycles. The van der Waals surface area contributed by atoms with Crippen molar-refractivity contribution in [3.63, 3.8) is 0 Å². The Morgan fingerprint density at radius 1 is 1.33 bits per heavy atom. The molecule has 1 fully saturated rings. The van der Waals surface area contributed by atoms with Crippen LogP contribution in [0.2, 0.25) is 0 Å². The smallest absolute Gasteiger partial charge is 0.151 e. The summed E-state index contributed by atoms with van der Waals surface area (Å²) >= 11 is 0. The van der Waals surface area contributed by atoms with Crippen LogP contribution in [0.1, 0.15) is 43.8 Å². The van der Waals surface area contributed by atoms with E-state index in [9.17, 15) is 0 Å². The van der Waals surface area contributed by atoms with E-state index in [0.717, 1.165) is 24.6 Å². The van der Waals surface area contributed by atoms with Gasteiger partial charge in [0.2, 0.25) is 0 Å². The highest BCUT2D eigenvalue weighted by atomic mass is 15.2. The van der Waals surface area contributed by atoms with Gasteiger partial charge in [0.05, 0.1) is 0 Å². The van der Waals surface area contributed by atoms with Gasteiger partial charge in [-0.25, -0.2) is 4.98 Å². The van der Waals surface area contributed by atoms with Crippen molar-refractivity contribution in [3.8, 4) is 0 Å². The third-order valence-corrected chi connectivity index (χ3v) is 3.52. The fraction of sp³-hybridized carbons (Fsp3) is 0.818. The van der Waals surface area contributed by atoms with Crippen LogP contribution in [0.5, 0.6) is 0 Å². The highest BCUT2D eigenvalue weighted by molar-refractivity contribution is 4.96. The molecule has 2 rings (SSSR count). The van der Waals surface area contributed by atoms with Crippen molar-refractivity contribution in [3.05, 3.63) is 11.6 Å². The zero-order valence-electron chi connectivity index (χ0n) is 9.42. The number of nitrogens with two attached hydrogens (primary N) is 1. The standard InChI is InChI=1S/C11H20N4/c1-9-13-10(15-14-9)7-11(8-12)5-3-2-4-6-11/h2-8,12H2,1H3,(H,13,14,15). The first-order valence-electron chi connectivity index (χ1n) is 5.82. The predicted molar refractivity (Wildman–Crippen MR) is 59.4 cm³/mol. The van der Waals surface area contributed by atoms with Gasteiger partial charge in [0.15, 0.2) is 5.82 Å². The maximum Gasteiger partial charge on any atom is 0.151 e. The van der Waals surface area contributed by atoms with Gasteiger partial charge in [-0.2, -0.15) is 5.10 Å². The van der Waals surface area contributed by atoms with Gasteiger partial charge in [-0.15, -0.1) is 0 Å². The van der Waals surface area contributed by atoms with E-state index < -0.39 is 0 Å². The van der Waals surface area contributed by atoms with Gasteiger partial charge in [-0.05, 0) is 31.7 Å². The molecule has 0 atom stereocenters. The molecule has 1 aromatic rings. The lowest BCUT2D eigenvalue weighted by molar-refractivity contribution is 0.194. The van der Waals surface area contributed by atoms with Gasteiger partial charge >= 0.3 is 0 Å². The average molecular weight is 208 g/mol. The summed E-state index contributed by atoms with van der Waals surface area (Å²) in [6, 6.07) is 0. The number of hydrogen-bond acceptors (Lipinski definition) is 3. The number of rotatable bonds is 3. The zero-order chi connectivity index (χ0) is 10.7. The van der Waals surface area contributed by atoms with Crippen molar-refractivity contribution in [2.75, 3.05) is 6.54 Å². The van der Waals surface area contributed by atoms with Crippen LogP contribution in [0, 0.1) is 12.3 Å². The maximum atomic E-state index is 5.93. The van der Waals surface area contributed by atoms with Crippen LogP contribution in [-0.4, -0.2) is 21.7 Å². The summed E-state index contributed by atoms with van der Waals surface area (Å²) in [5.41, 5.74) is 6.20. The van der Waals surface area contributed by atoms with E-state index in [1.165, 1.54) is 32.1 Å². The average Bonchev–Trinajstić information content (AvgIpc) is 2.65. The topological polar surface area (TPSA) is 67.6 Å². The largest absolute Gasteiger partial charge is 0.330 e. The summed E-state index contributed by atoms with van der Waals surface area (Å²) in [5.74, 6) is 1.83. The lowest BCUT2D eigenvalue weighted by Crippen LogP contribution is -2.35. The SMILES string of the molecule is Cc1nc(CC2(CN)CCCCC2)n[nH]1. The van der Waals surface area contributed by atoms with Gasteiger partial charge < -0.3 is 5.73 Å². The molecule has 0 unspecified atom stereocenters. The van der Waals surface area contributed by atoms with Crippen molar-refractivity contribution in [1.29, 1.82) is 0 Å². The molecule has 1 heterocycles. The molecule has 0 radical (unpaired) electrons. The molecule has 3 N–H and O–H groups in total. The molecule has 4 nitrogen and oxygen atoms in total. The van der Waals surface area contributed by atoms with Crippen LogP contribution in [-0.2, 0) is 6.42 Å². The van der Waals surface area contributed by atoms with Crippen LogP contribution in [0.15, 0.2) is 0 Å². The highest BCUT2D eigenvalue weighted by Gasteiger charge is 2.31. The molecule has 0 bridgehead atoms. The number of aryl methyl sites for hydroxylation is 1. The lowest BCUT2D eigenvalue weighted by atomic mass is 9.72. The van der Waals surface area contributed by atoms with Crippen molar-refractivity contribution in [2.45, 2.75) is 45.4 Å². The van der Waals surface area contributed by atoms with E-state index in [-0.39, 0.29) is 5.41 Å². The maximum absolute atomic E-state index is 5.93. The van der Waals surface area contributed by atoms with Gasteiger partial charge in [-0.1, -0.05) is 19.3 Å². The summed E-state index contributed by atoms with van der Waals surface area (Å²) in [6.07, 6.45) is 7.37. The fourth-order valence-corrected chi connectivity index (χ4v) is 2.56. The molecule has 1 saturated carbocycles. The molecule has 4 heteroatoms. The van der Waals surface area contributed by atoms with Gasteiger partial charge in [0.25, 0.3) is 0 Å². The first-order chi connectivity index (χ1) is 7.24. The molecular formula is C11H20N4. The molecule has 0 saturated heterocycles. The van der Waals surface area contributed by atoms with Gasteiger partial charge in [0, 0.05) is 6.42 Å². The third-order valence-electron chi connectivity index (χ3n) is 3.52. The van der Waals surface area contributed by atoms with Crippen LogP contribution < -0.4 is 5.73 Å². The zero-order valence-corrected chi connectivity index (χ0v) is 9.42. The molecule has 15 heavy (non-hydrogen) atoms. The van der Waals surface area contributed by atoms with E-state index >= 15 is 0 Å². The lowest BCUT2D eigenvalue weighted by Gasteiger charge is -2.35. The summed E-state index contributed by atoms with van der Waals surface area (Å²) in [5, 5.41) is 7.11. The van der Waals surface area contributed by atoms with E-state index in [0.29, 0.717) is 0 Å². The predicted octanol–water partition coefficient (Wildman–Crippen LogP) is 1.56. The first-order valence-corrected chi connectivity index (χ1v) is 5.82. The van der Waals surface area contributed by atoms with Gasteiger partial charge in [0.1, 0.15) is 5.82 Å². The Labute approximate surface area is 90.7 Å². The molecule has 1 aromatic heterocycles. The molecule has 0 aliphatic heterocycles. The number of H-pyrrole nitrogens is 1. The summed E-state index contributed by atoms with van der Waals surface area (Å²) in [6.45, 7) is 2.70. The van der Waals surface area contributed by atoms with Crippen molar-refractivity contribution >= 4 is 0 Å². The number of nitrogens with zero attached hydrogens (tertiary/aromatic N) is 2. The summed E-state index contributed by atoms with van der Waals surface area (Å²) < 4.78 is 0. The van der Waals surface area contributed by atoms with Gasteiger partial charge in [-0.3, -0.25) is 5.10 Å². The Morgan fingerprint density at radius 2 is 2.07 bits per heavy atom. The molecule has 0 spiro atoms. The number of aromatic nitrogens is 3. The second kappa shape index (κ2) is 4.31. The molecule has 84 valence electrons. The highest BCUT2D eigenvalue weighted by Crippen LogP contribution is 2.37. The van der Waals surface area contributed by atoms with Crippen LogP contribution >= 0.6 is 0 Å². The Morgan fingerprint density at radius 3 is 2.60 bits per heavy atom. The summed E-state index contributed by atoms with van der Waals surface area (Å²) in [7, 11) is 0. The number of hydrogen-bond donors (Lipinski definition) is 2. The van der Waals surface area contributed by atoms with E-state index in [1.807, 2.05) is 6.92 Å². The van der Waals surface area contributed by atoms with Crippen molar-refractivity contribution in [1.82, 2.24) is 15.2 Å². The summed E-state index contributed by atoms with van der Waals surface area (Å²) in [4.78, 5) is 4.38. The van der Waals surface area contributed by atoms with Crippen LogP contribution in [0.3, 0.4) is 0 Å². The normalized spacial score (nSPS) is 20.4. The van der Waals surface area contributed by atoms with Crippen molar-refractivity contribution in [2.24, 2.45) is 11.1 Å². The number of nitrogens with one attached hydrogen (secondary N) is 1. The minimum Gasteiger partial charge on any atom is -0.330 e. The quantitative estimate of drug-likeness (QED) is 0.792. The van der Waals surface area contributed by atoms with E-state index in [4.69, 9.17) is 5.73 Å². The van der Waals surface area contributed by atoms with E-state index in [1.54, 1.807) is 0 Å². The van der Waals surface area contributed by atoms with E-state index in [2.05, 4.69) is 15.2 Å². The Balaban J connectivity index is 2.06. The Bertz CT molecular complexity index is 312. The van der Waals surface area contributed by atoms with Crippen molar-refractivity contribution < 1.29 is 0 Å². The molecule has 0 aromatic carbocycles. The Hall–Kier alpha value is -0.900.